The van der Waals surface area contributed by atoms with E-state index in [2.05, 4.69) is 74.1 Å². The number of likely N-dealkylation sites (tertiary alicyclic amines) is 1. The van der Waals surface area contributed by atoms with Crippen molar-refractivity contribution >= 4 is 33.2 Å². The van der Waals surface area contributed by atoms with Crippen molar-refractivity contribution in [1.82, 2.24) is 20.1 Å². The Morgan fingerprint density at radius 1 is 1.00 bits per heavy atom. The number of rotatable bonds is 9. The van der Waals surface area contributed by atoms with Crippen molar-refractivity contribution < 1.29 is 14.3 Å². The van der Waals surface area contributed by atoms with E-state index in [4.69, 9.17) is 4.74 Å². The van der Waals surface area contributed by atoms with E-state index in [0.717, 1.165) is 51.9 Å². The van der Waals surface area contributed by atoms with Gasteiger partial charge in [-0.2, -0.15) is 0 Å². The average Bonchev–Trinajstić information content (AvgIpc) is 3.84. The molecule has 7 nitrogen and oxygen atoms in total. The van der Waals surface area contributed by atoms with Crippen LogP contribution in [-0.2, 0) is 26.2 Å². The number of nitrogens with zero attached hydrogens (tertiary/aromatic N) is 2. The number of hydrogen-bond acceptors (Lipinski definition) is 6. The van der Waals surface area contributed by atoms with Crippen LogP contribution in [-0.4, -0.2) is 85.0 Å². The number of thiophene rings is 1. The highest BCUT2D eigenvalue weighted by Gasteiger charge is 2.50. The third-order valence-corrected chi connectivity index (χ3v) is 13.0. The molecule has 0 radical (unpaired) electrons. The number of morpholine rings is 1. The number of fused-ring (bicyclic) bond motifs is 3. The number of piperidine rings is 2. The molecule has 1 aliphatic carbocycles. The fourth-order valence-corrected chi connectivity index (χ4v) is 9.96. The SMILES string of the molecule is CC(CC(=O)N1CCOCC1)=C1CCN(CCc2c(-c3cc(C)cc(C)c3)[nH]c3sc(C(C)(C)C(=O)C4C5CCC4NC5)cc23)CC1. The number of ether oxygens (including phenoxy) is 1. The van der Waals surface area contributed by atoms with Gasteiger partial charge >= 0.3 is 0 Å². The Labute approximate surface area is 284 Å². The number of Topliss-reactive ketones (excluding diaryl/α,β-unsaturated/α-hetero) is 1. The maximum absolute atomic E-state index is 14.0. The topological polar surface area (TPSA) is 77.7 Å². The molecular formula is C39H52N4O3S. The Kier molecular flexibility index (Phi) is 9.24. The number of carbonyl (C=O) groups excluding carboxylic acids is 2. The van der Waals surface area contributed by atoms with Crippen LogP contribution in [0.5, 0.6) is 0 Å². The molecule has 1 amide bonds. The fraction of sp³-hybridized carbons (Fsp3) is 0.590. The molecule has 7 rings (SSSR count). The van der Waals surface area contributed by atoms with Gasteiger partial charge in [0.1, 0.15) is 10.6 Å². The van der Waals surface area contributed by atoms with Gasteiger partial charge in [0.2, 0.25) is 5.91 Å². The summed E-state index contributed by atoms with van der Waals surface area (Å²) in [4.78, 5) is 37.6. The first kappa shape index (κ1) is 32.8. The largest absolute Gasteiger partial charge is 0.378 e. The second kappa shape index (κ2) is 13.3. The zero-order valence-electron chi connectivity index (χ0n) is 29.0. The van der Waals surface area contributed by atoms with Gasteiger partial charge in [0, 0.05) is 61.4 Å². The zero-order chi connectivity index (χ0) is 32.9. The summed E-state index contributed by atoms with van der Waals surface area (Å²) in [5.74, 6) is 1.30. The van der Waals surface area contributed by atoms with Crippen LogP contribution in [0.2, 0.25) is 0 Å². The molecule has 0 spiro atoms. The van der Waals surface area contributed by atoms with Crippen molar-refractivity contribution in [1.29, 1.82) is 0 Å². The molecule has 3 unspecified atom stereocenters. The number of amides is 1. The van der Waals surface area contributed by atoms with Crippen molar-refractivity contribution in [3.8, 4) is 11.3 Å². The maximum atomic E-state index is 14.0. The molecule has 3 atom stereocenters. The van der Waals surface area contributed by atoms with Crippen LogP contribution < -0.4 is 5.32 Å². The number of carbonyl (C=O) groups is 2. The number of benzene rings is 1. The first-order valence-corrected chi connectivity index (χ1v) is 18.7. The lowest BCUT2D eigenvalue weighted by Crippen LogP contribution is -2.40. The van der Waals surface area contributed by atoms with E-state index in [1.165, 1.54) is 60.6 Å². The van der Waals surface area contributed by atoms with Crippen molar-refractivity contribution in [2.24, 2.45) is 11.8 Å². The lowest BCUT2D eigenvalue weighted by Gasteiger charge is -2.30. The molecule has 5 heterocycles. The minimum atomic E-state index is -0.504. The molecule has 4 fully saturated rings. The summed E-state index contributed by atoms with van der Waals surface area (Å²) in [6.45, 7) is 17.6. The minimum absolute atomic E-state index is 0.148. The normalized spacial score (nSPS) is 23.6. The quantitative estimate of drug-likeness (QED) is 0.255. The van der Waals surface area contributed by atoms with Gasteiger partial charge in [-0.05, 0) is 109 Å². The molecule has 252 valence electrons. The summed E-state index contributed by atoms with van der Waals surface area (Å²) in [6.07, 6.45) is 5.87. The Bertz CT molecular complexity index is 1640. The molecule has 2 bridgehead atoms. The second-order valence-electron chi connectivity index (χ2n) is 15.2. The number of H-pyrrole nitrogens is 1. The van der Waals surface area contributed by atoms with E-state index in [-0.39, 0.29) is 11.8 Å². The third-order valence-electron chi connectivity index (χ3n) is 11.6. The summed E-state index contributed by atoms with van der Waals surface area (Å²) in [5, 5.41) is 4.88. The molecule has 2 N–H and O–H groups in total. The van der Waals surface area contributed by atoms with Crippen LogP contribution in [0.1, 0.15) is 74.4 Å². The highest BCUT2D eigenvalue weighted by molar-refractivity contribution is 7.19. The van der Waals surface area contributed by atoms with Gasteiger partial charge in [0.25, 0.3) is 0 Å². The number of aromatic nitrogens is 1. The number of ketones is 1. The Balaban J connectivity index is 1.09. The highest BCUT2D eigenvalue weighted by atomic mass is 32.1. The summed E-state index contributed by atoms with van der Waals surface area (Å²) in [6, 6.07) is 9.52. The third kappa shape index (κ3) is 6.51. The lowest BCUT2D eigenvalue weighted by atomic mass is 9.76. The van der Waals surface area contributed by atoms with E-state index in [1.54, 1.807) is 11.3 Å². The molecule has 3 aromatic rings. The van der Waals surface area contributed by atoms with E-state index in [9.17, 15) is 9.59 Å². The van der Waals surface area contributed by atoms with Gasteiger partial charge in [-0.25, -0.2) is 0 Å². The zero-order valence-corrected chi connectivity index (χ0v) is 29.8. The van der Waals surface area contributed by atoms with Gasteiger partial charge in [0.15, 0.2) is 0 Å². The predicted molar refractivity (Wildman–Crippen MR) is 191 cm³/mol. The maximum Gasteiger partial charge on any atom is 0.226 e. The molecule has 2 aromatic heterocycles. The predicted octanol–water partition coefficient (Wildman–Crippen LogP) is 6.56. The van der Waals surface area contributed by atoms with Crippen LogP contribution in [0.4, 0.5) is 0 Å². The van der Waals surface area contributed by atoms with E-state index < -0.39 is 5.41 Å². The van der Waals surface area contributed by atoms with Crippen LogP contribution in [0.25, 0.3) is 21.5 Å². The van der Waals surface area contributed by atoms with Gasteiger partial charge in [0.05, 0.1) is 24.3 Å². The Hall–Kier alpha value is -2.78. The second-order valence-corrected chi connectivity index (χ2v) is 16.3. The molecule has 3 aliphatic heterocycles. The molecule has 4 aliphatic rings. The van der Waals surface area contributed by atoms with Crippen molar-refractivity contribution in [2.45, 2.75) is 84.6 Å². The summed E-state index contributed by atoms with van der Waals surface area (Å²) < 4.78 is 5.42. The van der Waals surface area contributed by atoms with Gasteiger partial charge < -0.3 is 24.8 Å². The number of aryl methyl sites for hydroxylation is 2. The number of aromatic amines is 1. The average molecular weight is 657 g/mol. The molecular weight excluding hydrogens is 605 g/mol. The summed E-state index contributed by atoms with van der Waals surface area (Å²) in [7, 11) is 0. The van der Waals surface area contributed by atoms with E-state index >= 15 is 0 Å². The van der Waals surface area contributed by atoms with Gasteiger partial charge in [-0.15, -0.1) is 11.3 Å². The van der Waals surface area contributed by atoms with Crippen molar-refractivity contribution in [3.63, 3.8) is 0 Å². The van der Waals surface area contributed by atoms with Crippen LogP contribution >= 0.6 is 11.3 Å². The molecule has 1 aromatic carbocycles. The molecule has 3 saturated heterocycles. The summed E-state index contributed by atoms with van der Waals surface area (Å²) >= 11 is 1.78. The first-order chi connectivity index (χ1) is 22.6. The Morgan fingerprint density at radius 3 is 2.36 bits per heavy atom. The van der Waals surface area contributed by atoms with Gasteiger partial charge in [-0.1, -0.05) is 28.3 Å². The fourth-order valence-electron chi connectivity index (χ4n) is 8.76. The van der Waals surface area contributed by atoms with E-state index in [0.29, 0.717) is 50.5 Å². The molecule has 1 saturated carbocycles. The van der Waals surface area contributed by atoms with E-state index in [1.807, 2.05) is 4.90 Å². The number of hydrogen-bond donors (Lipinski definition) is 2. The van der Waals surface area contributed by atoms with Crippen molar-refractivity contribution in [2.75, 3.05) is 52.5 Å². The first-order valence-electron chi connectivity index (χ1n) is 17.8. The standard InChI is InChI=1S/C39H52N4O3S/c1-24-18-25(2)20-29(19-24)36-30(10-13-42-11-8-27(9-12-42)26(3)21-34(44)43-14-16-46-17-15-43)31-22-33(47-38(31)41-36)39(4,5)37(45)35-28-6-7-32(35)40-23-28/h18-20,22,28,32,35,40-41H,6-17,21,23H2,1-5H3. The molecule has 47 heavy (non-hydrogen) atoms. The lowest BCUT2D eigenvalue weighted by molar-refractivity contribution is -0.134. The van der Waals surface area contributed by atoms with Crippen LogP contribution in [0, 0.1) is 25.7 Å². The van der Waals surface area contributed by atoms with Crippen LogP contribution in [0.15, 0.2) is 35.4 Å². The minimum Gasteiger partial charge on any atom is -0.378 e. The summed E-state index contributed by atoms with van der Waals surface area (Å²) in [5.41, 5.74) is 8.60. The monoisotopic (exact) mass is 656 g/mol. The van der Waals surface area contributed by atoms with Crippen LogP contribution in [0.3, 0.4) is 0 Å². The Morgan fingerprint density at radius 2 is 1.72 bits per heavy atom. The smallest absolute Gasteiger partial charge is 0.226 e. The molecule has 8 heteroatoms. The van der Waals surface area contributed by atoms with Crippen molar-refractivity contribution in [3.05, 3.63) is 57.0 Å². The van der Waals surface area contributed by atoms with Gasteiger partial charge in [-0.3, -0.25) is 9.59 Å². The highest BCUT2D eigenvalue weighted by Crippen LogP contribution is 2.45. The number of nitrogens with one attached hydrogen (secondary N) is 2.